The number of methoxy groups -OCH3 is 1. The summed E-state index contributed by atoms with van der Waals surface area (Å²) in [5.41, 5.74) is 0. The first-order chi connectivity index (χ1) is 8.65. The molecule has 0 aromatic rings. The Hall–Kier alpha value is -0.420. The quantitative estimate of drug-likeness (QED) is 0.786. The highest BCUT2D eigenvalue weighted by Gasteiger charge is 2.41. The molecule has 1 N–H and O–H groups in total. The topological polar surface area (TPSA) is 55.4 Å². The molecule has 5 atom stereocenters. The van der Waals surface area contributed by atoms with Crippen LogP contribution in [0.25, 0.3) is 0 Å². The minimum atomic E-state index is -0.897. The van der Waals surface area contributed by atoms with Crippen molar-refractivity contribution in [1.29, 1.82) is 0 Å². The Morgan fingerprint density at radius 3 is 2.89 bits per heavy atom. The van der Waals surface area contributed by atoms with Gasteiger partial charge in [0.05, 0.1) is 12.4 Å². The number of ether oxygens (including phenoxy) is 1. The van der Waals surface area contributed by atoms with E-state index in [1.807, 2.05) is 0 Å². The summed E-state index contributed by atoms with van der Waals surface area (Å²) in [5.74, 6) is 0.848. The van der Waals surface area contributed by atoms with Crippen LogP contribution in [0.2, 0.25) is 0 Å². The van der Waals surface area contributed by atoms with Gasteiger partial charge in [-0.2, -0.15) is 0 Å². The molecule has 5 heteroatoms. The fraction of sp³-hybridized carbons (Fsp3) is 0.923. The first-order valence-electron chi connectivity index (χ1n) is 6.86. The Morgan fingerprint density at radius 2 is 2.22 bits per heavy atom. The molecule has 0 aromatic carbocycles. The number of hydrogen-bond donors (Lipinski definition) is 1. The normalized spacial score (nSPS) is 40.0. The number of carbonyl (C=O) groups excluding carboxylic acids is 1. The van der Waals surface area contributed by atoms with Crippen LogP contribution in [-0.4, -0.2) is 40.4 Å². The van der Waals surface area contributed by atoms with Gasteiger partial charge >= 0.3 is 5.97 Å². The Bertz CT molecular complexity index is 334. The summed E-state index contributed by atoms with van der Waals surface area (Å²) in [6.07, 6.45) is 5.71. The third-order valence-corrected chi connectivity index (χ3v) is 6.03. The summed E-state index contributed by atoms with van der Waals surface area (Å²) < 4.78 is 17.0. The van der Waals surface area contributed by atoms with Gasteiger partial charge in [0.2, 0.25) is 0 Å². The molecular formula is C13H23NO3S. The third-order valence-electron chi connectivity index (χ3n) is 4.17. The van der Waals surface area contributed by atoms with Crippen LogP contribution in [0, 0.1) is 5.92 Å². The zero-order valence-electron chi connectivity index (χ0n) is 11.2. The van der Waals surface area contributed by atoms with Crippen LogP contribution in [-0.2, 0) is 20.3 Å². The molecule has 2 fully saturated rings. The maximum absolute atomic E-state index is 12.3. The lowest BCUT2D eigenvalue weighted by atomic mass is 9.83. The molecule has 18 heavy (non-hydrogen) atoms. The Labute approximate surface area is 111 Å². The molecule has 1 saturated carbocycles. The van der Waals surface area contributed by atoms with E-state index in [1.165, 1.54) is 26.4 Å². The number of hydrogen-bond acceptors (Lipinski definition) is 4. The first-order valence-corrected chi connectivity index (χ1v) is 8.25. The highest BCUT2D eigenvalue weighted by molar-refractivity contribution is 7.85. The maximum atomic E-state index is 12.3. The molecular weight excluding hydrogens is 250 g/mol. The molecule has 5 unspecified atom stereocenters. The second-order valence-electron chi connectivity index (χ2n) is 5.40. The summed E-state index contributed by atoms with van der Waals surface area (Å²) in [6, 6.07) is -0.142. The van der Waals surface area contributed by atoms with Crippen molar-refractivity contribution in [3.8, 4) is 0 Å². The number of fused-ring (bicyclic) bond motifs is 1. The van der Waals surface area contributed by atoms with Gasteiger partial charge in [0.15, 0.2) is 0 Å². The third kappa shape index (κ3) is 2.94. The first kappa shape index (κ1) is 14.0. The summed E-state index contributed by atoms with van der Waals surface area (Å²) in [5, 5.41) is 3.56. The number of esters is 1. The summed E-state index contributed by atoms with van der Waals surface area (Å²) >= 11 is 0. The Balaban J connectivity index is 1.98. The lowest BCUT2D eigenvalue weighted by Crippen LogP contribution is -2.60. The molecule has 1 aliphatic heterocycles. The van der Waals surface area contributed by atoms with E-state index in [-0.39, 0.29) is 23.3 Å². The molecule has 2 aliphatic rings. The lowest BCUT2D eigenvalue weighted by molar-refractivity contribution is -0.142. The van der Waals surface area contributed by atoms with Gasteiger partial charge in [-0.15, -0.1) is 0 Å². The van der Waals surface area contributed by atoms with E-state index in [1.54, 1.807) is 0 Å². The molecule has 2 rings (SSSR count). The van der Waals surface area contributed by atoms with Gasteiger partial charge in [-0.1, -0.05) is 19.8 Å². The van der Waals surface area contributed by atoms with Crippen molar-refractivity contribution in [2.45, 2.75) is 56.4 Å². The van der Waals surface area contributed by atoms with Gasteiger partial charge in [-0.25, -0.2) is 0 Å². The molecule has 0 spiro atoms. The highest BCUT2D eigenvalue weighted by Crippen LogP contribution is 2.33. The number of carbonyl (C=O) groups is 1. The molecule has 4 nitrogen and oxygen atoms in total. The van der Waals surface area contributed by atoms with Crippen LogP contribution in [0.4, 0.5) is 0 Å². The van der Waals surface area contributed by atoms with Crippen molar-refractivity contribution < 1.29 is 13.7 Å². The van der Waals surface area contributed by atoms with Crippen molar-refractivity contribution in [2.24, 2.45) is 5.92 Å². The van der Waals surface area contributed by atoms with Crippen molar-refractivity contribution in [3.63, 3.8) is 0 Å². The maximum Gasteiger partial charge on any atom is 0.323 e. The van der Waals surface area contributed by atoms with E-state index < -0.39 is 10.8 Å². The summed E-state index contributed by atoms with van der Waals surface area (Å²) in [4.78, 5) is 11.5. The van der Waals surface area contributed by atoms with E-state index in [4.69, 9.17) is 4.74 Å². The standard InChI is InChI=1S/C13H23NO3S/c1-3-4-9-5-6-10-12(7-9)18(16)8-11(14-10)13(15)17-2/h9-12,14H,3-8H2,1-2H3. The van der Waals surface area contributed by atoms with Crippen LogP contribution in [0.15, 0.2) is 0 Å². The Kier molecular flexibility index (Phi) is 4.78. The zero-order valence-corrected chi connectivity index (χ0v) is 12.0. The van der Waals surface area contributed by atoms with Gasteiger partial charge < -0.3 is 4.74 Å². The molecule has 1 heterocycles. The average molecular weight is 273 g/mol. The monoisotopic (exact) mass is 273 g/mol. The van der Waals surface area contributed by atoms with E-state index >= 15 is 0 Å². The molecule has 1 saturated heterocycles. The van der Waals surface area contributed by atoms with E-state index in [2.05, 4.69) is 12.2 Å². The zero-order chi connectivity index (χ0) is 13.1. The summed E-state index contributed by atoms with van der Waals surface area (Å²) in [7, 11) is 0.490. The highest BCUT2D eigenvalue weighted by atomic mass is 32.2. The fourth-order valence-electron chi connectivity index (χ4n) is 3.24. The van der Waals surface area contributed by atoms with Crippen LogP contribution < -0.4 is 5.32 Å². The molecule has 1 aliphatic carbocycles. The van der Waals surface area contributed by atoms with Gasteiger partial charge in [0, 0.05) is 22.6 Å². The van der Waals surface area contributed by atoms with Gasteiger partial charge in [-0.3, -0.25) is 14.3 Å². The molecule has 0 radical (unpaired) electrons. The predicted molar refractivity (Wildman–Crippen MR) is 71.8 cm³/mol. The molecule has 0 amide bonds. The predicted octanol–water partition coefficient (Wildman–Crippen LogP) is 1.22. The molecule has 104 valence electrons. The summed E-state index contributed by atoms with van der Waals surface area (Å²) in [6.45, 7) is 2.20. The average Bonchev–Trinajstić information content (AvgIpc) is 2.38. The molecule has 0 bridgehead atoms. The smallest absolute Gasteiger partial charge is 0.323 e. The van der Waals surface area contributed by atoms with Crippen LogP contribution in [0.5, 0.6) is 0 Å². The number of rotatable bonds is 3. The van der Waals surface area contributed by atoms with Gasteiger partial charge in [0.25, 0.3) is 0 Å². The van der Waals surface area contributed by atoms with Crippen LogP contribution in [0.3, 0.4) is 0 Å². The fourth-order valence-corrected chi connectivity index (χ4v) is 5.11. The number of nitrogens with one attached hydrogen (secondary N) is 1. The van der Waals surface area contributed by atoms with Crippen molar-refractivity contribution in [2.75, 3.05) is 12.9 Å². The SMILES string of the molecule is CCCC1CCC2NC(C(=O)OC)CS(=O)C2C1. The molecule has 0 aromatic heterocycles. The van der Waals surface area contributed by atoms with Gasteiger partial charge in [0.1, 0.15) is 6.04 Å². The second-order valence-corrected chi connectivity index (χ2v) is 7.10. The van der Waals surface area contributed by atoms with Crippen molar-refractivity contribution in [1.82, 2.24) is 5.32 Å². The van der Waals surface area contributed by atoms with E-state index in [9.17, 15) is 9.00 Å². The van der Waals surface area contributed by atoms with Crippen molar-refractivity contribution in [3.05, 3.63) is 0 Å². The minimum absolute atomic E-state index is 0.233. The van der Waals surface area contributed by atoms with Crippen LogP contribution in [0.1, 0.15) is 39.0 Å². The van der Waals surface area contributed by atoms with Crippen molar-refractivity contribution >= 4 is 16.8 Å². The minimum Gasteiger partial charge on any atom is -0.468 e. The van der Waals surface area contributed by atoms with E-state index in [0.717, 1.165) is 18.8 Å². The van der Waals surface area contributed by atoms with E-state index in [0.29, 0.717) is 5.75 Å². The second kappa shape index (κ2) is 6.15. The largest absolute Gasteiger partial charge is 0.468 e. The van der Waals surface area contributed by atoms with Crippen LogP contribution >= 0.6 is 0 Å². The Morgan fingerprint density at radius 1 is 1.44 bits per heavy atom. The van der Waals surface area contributed by atoms with Gasteiger partial charge in [-0.05, 0) is 25.2 Å². The lowest BCUT2D eigenvalue weighted by Gasteiger charge is -2.41.